The Labute approximate surface area is 175 Å². The Morgan fingerprint density at radius 3 is 2.57 bits per heavy atom. The van der Waals surface area contributed by atoms with Crippen LogP contribution >= 0.6 is 0 Å². The Hall–Kier alpha value is -3.29. The van der Waals surface area contributed by atoms with Crippen molar-refractivity contribution in [3.63, 3.8) is 0 Å². The van der Waals surface area contributed by atoms with Crippen molar-refractivity contribution in [3.05, 3.63) is 41.4 Å². The molecular formula is C22H27N3O5. The maximum Gasteiger partial charge on any atom is 0.342 e. The first kappa shape index (κ1) is 21.4. The summed E-state index contributed by atoms with van der Waals surface area (Å²) in [6.07, 6.45) is 2.14. The molecule has 8 nitrogen and oxygen atoms in total. The van der Waals surface area contributed by atoms with Gasteiger partial charge < -0.3 is 23.9 Å². The normalized spacial score (nSPS) is 10.8. The molecule has 0 aliphatic rings. The van der Waals surface area contributed by atoms with E-state index in [0.29, 0.717) is 48.0 Å². The largest absolute Gasteiger partial charge is 0.490 e. The smallest absolute Gasteiger partial charge is 0.342 e. The molecule has 0 unspecified atom stereocenters. The Bertz CT molecular complexity index is 1020. The maximum atomic E-state index is 12.4. The first-order chi connectivity index (χ1) is 14.6. The molecule has 0 aliphatic carbocycles. The molecule has 0 atom stereocenters. The van der Waals surface area contributed by atoms with Crippen molar-refractivity contribution in [2.45, 2.75) is 34.1 Å². The number of carbonyl (C=O) groups excluding carboxylic acids is 1. The van der Waals surface area contributed by atoms with Gasteiger partial charge in [-0.1, -0.05) is 6.07 Å². The standard InChI is InChI=1S/C22H27N3O5/c1-5-27-16-9-8-15(12-17(16)28-6-2)10-11-23-20-19-18(22(26)29-7-3)14(4)30-21(19)25-13-24-20/h8-9,12-13H,5-7,10-11H2,1-4H3,(H,23,24,25). The molecule has 0 fully saturated rings. The summed E-state index contributed by atoms with van der Waals surface area (Å²) in [4.78, 5) is 20.8. The minimum atomic E-state index is -0.445. The van der Waals surface area contributed by atoms with E-state index < -0.39 is 5.97 Å². The summed E-state index contributed by atoms with van der Waals surface area (Å²) in [5.74, 6) is 2.02. The van der Waals surface area contributed by atoms with Crippen molar-refractivity contribution in [2.24, 2.45) is 0 Å². The molecule has 0 saturated heterocycles. The van der Waals surface area contributed by atoms with Gasteiger partial charge in [-0.15, -0.1) is 0 Å². The first-order valence-electron chi connectivity index (χ1n) is 10.1. The summed E-state index contributed by atoms with van der Waals surface area (Å²) in [6.45, 7) is 9.39. The van der Waals surface area contributed by atoms with Gasteiger partial charge in [-0.25, -0.2) is 14.8 Å². The van der Waals surface area contributed by atoms with Crippen LogP contribution in [0.4, 0.5) is 5.82 Å². The molecule has 3 aromatic rings. The van der Waals surface area contributed by atoms with Crippen LogP contribution in [0.5, 0.6) is 11.5 Å². The Morgan fingerprint density at radius 1 is 1.07 bits per heavy atom. The van der Waals surface area contributed by atoms with Crippen LogP contribution in [0.25, 0.3) is 11.1 Å². The number of benzene rings is 1. The fourth-order valence-electron chi connectivity index (χ4n) is 3.20. The second-order valence-electron chi connectivity index (χ2n) is 6.48. The van der Waals surface area contributed by atoms with E-state index in [1.807, 2.05) is 32.0 Å². The molecule has 0 spiro atoms. The minimum Gasteiger partial charge on any atom is -0.490 e. The molecule has 1 aromatic carbocycles. The molecule has 0 aliphatic heterocycles. The monoisotopic (exact) mass is 413 g/mol. The Kier molecular flexibility index (Phi) is 7.11. The van der Waals surface area contributed by atoms with Gasteiger partial charge in [-0.2, -0.15) is 0 Å². The average Bonchev–Trinajstić information content (AvgIpc) is 3.07. The second-order valence-corrected chi connectivity index (χ2v) is 6.48. The van der Waals surface area contributed by atoms with Gasteiger partial charge in [-0.3, -0.25) is 0 Å². The van der Waals surface area contributed by atoms with Crippen LogP contribution in [-0.4, -0.2) is 42.3 Å². The SMILES string of the molecule is CCOC(=O)c1c(C)oc2ncnc(NCCc3ccc(OCC)c(OCC)c3)c12. The Morgan fingerprint density at radius 2 is 1.83 bits per heavy atom. The van der Waals surface area contributed by atoms with E-state index >= 15 is 0 Å². The number of rotatable bonds is 10. The molecule has 0 amide bonds. The van der Waals surface area contributed by atoms with Gasteiger partial charge in [0.25, 0.3) is 0 Å². The van der Waals surface area contributed by atoms with Crippen LogP contribution in [0.1, 0.15) is 42.5 Å². The summed E-state index contributed by atoms with van der Waals surface area (Å²) >= 11 is 0. The van der Waals surface area contributed by atoms with Gasteiger partial charge in [0, 0.05) is 6.54 Å². The molecule has 1 N–H and O–H groups in total. The lowest BCUT2D eigenvalue weighted by molar-refractivity contribution is 0.0526. The predicted octanol–water partition coefficient (Wildman–Crippen LogP) is 4.16. The highest BCUT2D eigenvalue weighted by atomic mass is 16.5. The minimum absolute atomic E-state index is 0.279. The zero-order chi connectivity index (χ0) is 21.5. The highest BCUT2D eigenvalue weighted by molar-refractivity contribution is 6.07. The van der Waals surface area contributed by atoms with Crippen LogP contribution in [0.2, 0.25) is 0 Å². The third-order valence-corrected chi connectivity index (χ3v) is 4.46. The van der Waals surface area contributed by atoms with Crippen LogP contribution in [0.15, 0.2) is 28.9 Å². The lowest BCUT2D eigenvalue weighted by atomic mass is 10.1. The molecule has 3 rings (SSSR count). The zero-order valence-corrected chi connectivity index (χ0v) is 17.8. The number of anilines is 1. The van der Waals surface area contributed by atoms with E-state index in [4.69, 9.17) is 18.6 Å². The second kappa shape index (κ2) is 9.96. The number of carbonyl (C=O) groups is 1. The van der Waals surface area contributed by atoms with Gasteiger partial charge in [0.15, 0.2) is 11.5 Å². The van der Waals surface area contributed by atoms with Gasteiger partial charge in [0.05, 0.1) is 25.2 Å². The molecule has 8 heteroatoms. The van der Waals surface area contributed by atoms with Gasteiger partial charge in [0.1, 0.15) is 23.5 Å². The van der Waals surface area contributed by atoms with E-state index in [0.717, 1.165) is 23.5 Å². The van der Waals surface area contributed by atoms with E-state index in [-0.39, 0.29) is 6.61 Å². The fraction of sp³-hybridized carbons (Fsp3) is 0.409. The Balaban J connectivity index is 1.78. The van der Waals surface area contributed by atoms with Crippen LogP contribution in [0.3, 0.4) is 0 Å². The van der Waals surface area contributed by atoms with Crippen LogP contribution < -0.4 is 14.8 Å². The molecular weight excluding hydrogens is 386 g/mol. The van der Waals surface area contributed by atoms with Crippen LogP contribution in [0, 0.1) is 6.92 Å². The third kappa shape index (κ3) is 4.64. The van der Waals surface area contributed by atoms with E-state index in [9.17, 15) is 4.79 Å². The van der Waals surface area contributed by atoms with Gasteiger partial charge in [0.2, 0.25) is 5.71 Å². The number of nitrogens with zero attached hydrogens (tertiary/aromatic N) is 2. The van der Waals surface area contributed by atoms with Crippen molar-refractivity contribution < 1.29 is 23.4 Å². The van der Waals surface area contributed by atoms with Crippen molar-refractivity contribution in [1.29, 1.82) is 0 Å². The van der Waals surface area contributed by atoms with Crippen molar-refractivity contribution in [3.8, 4) is 11.5 Å². The predicted molar refractivity (Wildman–Crippen MR) is 113 cm³/mol. The quantitative estimate of drug-likeness (QED) is 0.495. The summed E-state index contributed by atoms with van der Waals surface area (Å²) in [5.41, 5.74) is 1.80. The summed E-state index contributed by atoms with van der Waals surface area (Å²) < 4.78 is 22.1. The number of hydrogen-bond acceptors (Lipinski definition) is 8. The molecule has 0 saturated carbocycles. The number of ether oxygens (including phenoxy) is 3. The molecule has 2 aromatic heterocycles. The zero-order valence-electron chi connectivity index (χ0n) is 17.8. The lowest BCUT2D eigenvalue weighted by Crippen LogP contribution is -2.10. The summed E-state index contributed by atoms with van der Waals surface area (Å²) in [6, 6.07) is 5.92. The third-order valence-electron chi connectivity index (χ3n) is 4.46. The van der Waals surface area contributed by atoms with Crippen molar-refractivity contribution >= 4 is 22.9 Å². The van der Waals surface area contributed by atoms with Crippen molar-refractivity contribution in [1.82, 2.24) is 9.97 Å². The topological polar surface area (TPSA) is 95.7 Å². The molecule has 30 heavy (non-hydrogen) atoms. The maximum absolute atomic E-state index is 12.4. The number of aryl methyl sites for hydroxylation is 1. The number of fused-ring (bicyclic) bond motifs is 1. The van der Waals surface area contributed by atoms with Crippen LogP contribution in [-0.2, 0) is 11.2 Å². The molecule has 0 radical (unpaired) electrons. The number of hydrogen-bond donors (Lipinski definition) is 1. The van der Waals surface area contributed by atoms with Gasteiger partial charge in [-0.05, 0) is 51.8 Å². The summed E-state index contributed by atoms with van der Waals surface area (Å²) in [7, 11) is 0. The number of esters is 1. The lowest BCUT2D eigenvalue weighted by Gasteiger charge is -2.13. The fourth-order valence-corrected chi connectivity index (χ4v) is 3.20. The number of nitrogens with one attached hydrogen (secondary N) is 1. The number of aromatic nitrogens is 2. The van der Waals surface area contributed by atoms with E-state index in [1.165, 1.54) is 6.33 Å². The molecule has 0 bridgehead atoms. The van der Waals surface area contributed by atoms with Crippen molar-refractivity contribution in [2.75, 3.05) is 31.7 Å². The molecule has 2 heterocycles. The highest BCUT2D eigenvalue weighted by Gasteiger charge is 2.23. The average molecular weight is 413 g/mol. The van der Waals surface area contributed by atoms with E-state index in [1.54, 1.807) is 13.8 Å². The van der Waals surface area contributed by atoms with E-state index in [2.05, 4.69) is 15.3 Å². The number of furan rings is 1. The highest BCUT2D eigenvalue weighted by Crippen LogP contribution is 2.31. The molecule has 160 valence electrons. The van der Waals surface area contributed by atoms with Gasteiger partial charge >= 0.3 is 5.97 Å². The summed E-state index contributed by atoms with van der Waals surface area (Å²) in [5, 5.41) is 3.82. The first-order valence-corrected chi connectivity index (χ1v) is 10.1.